The first-order chi connectivity index (χ1) is 7.72. The standard InChI is InChI=1S/C13H20N2O/c1-3-4-5-6-10-13(16)15-12-9-7-8-11(2)14-12/h7-9H,3-6,10H2,1-2H3,(H,14,15,16). The second-order valence-corrected chi connectivity index (χ2v) is 4.02. The summed E-state index contributed by atoms with van der Waals surface area (Å²) in [5, 5.41) is 2.81. The Balaban J connectivity index is 2.29. The van der Waals surface area contributed by atoms with E-state index in [1.54, 1.807) is 0 Å². The summed E-state index contributed by atoms with van der Waals surface area (Å²) >= 11 is 0. The molecular formula is C13H20N2O. The number of nitrogens with zero attached hydrogens (tertiary/aromatic N) is 1. The number of aryl methyl sites for hydroxylation is 1. The average Bonchev–Trinajstić information content (AvgIpc) is 2.24. The van der Waals surface area contributed by atoms with Crippen LogP contribution in [0.25, 0.3) is 0 Å². The molecule has 0 bridgehead atoms. The number of unbranched alkanes of at least 4 members (excludes halogenated alkanes) is 3. The lowest BCUT2D eigenvalue weighted by molar-refractivity contribution is -0.116. The number of amides is 1. The van der Waals surface area contributed by atoms with Crippen molar-refractivity contribution < 1.29 is 4.79 Å². The molecule has 3 nitrogen and oxygen atoms in total. The minimum Gasteiger partial charge on any atom is -0.311 e. The van der Waals surface area contributed by atoms with Crippen LogP contribution in [0.1, 0.15) is 44.7 Å². The molecule has 0 aromatic carbocycles. The molecule has 0 saturated carbocycles. The van der Waals surface area contributed by atoms with Crippen molar-refractivity contribution >= 4 is 11.7 Å². The van der Waals surface area contributed by atoms with E-state index in [4.69, 9.17) is 0 Å². The Morgan fingerprint density at radius 1 is 1.31 bits per heavy atom. The molecule has 0 unspecified atom stereocenters. The van der Waals surface area contributed by atoms with Gasteiger partial charge in [0.05, 0.1) is 0 Å². The van der Waals surface area contributed by atoms with Gasteiger partial charge < -0.3 is 5.32 Å². The molecule has 1 aromatic heterocycles. The first-order valence-corrected chi connectivity index (χ1v) is 5.96. The zero-order valence-corrected chi connectivity index (χ0v) is 10.1. The molecule has 0 aliphatic carbocycles. The molecule has 88 valence electrons. The van der Waals surface area contributed by atoms with Crippen LogP contribution in [0, 0.1) is 6.92 Å². The lowest BCUT2D eigenvalue weighted by Gasteiger charge is -2.04. The summed E-state index contributed by atoms with van der Waals surface area (Å²) in [5.41, 5.74) is 0.920. The van der Waals surface area contributed by atoms with Crippen molar-refractivity contribution in [2.24, 2.45) is 0 Å². The second kappa shape index (κ2) is 6.99. The van der Waals surface area contributed by atoms with E-state index in [9.17, 15) is 4.79 Å². The quantitative estimate of drug-likeness (QED) is 0.747. The van der Waals surface area contributed by atoms with Crippen molar-refractivity contribution in [3.8, 4) is 0 Å². The third-order valence-corrected chi connectivity index (χ3v) is 2.41. The smallest absolute Gasteiger partial charge is 0.225 e. The van der Waals surface area contributed by atoms with E-state index in [0.29, 0.717) is 12.2 Å². The zero-order chi connectivity index (χ0) is 11.8. The molecule has 0 fully saturated rings. The molecule has 16 heavy (non-hydrogen) atoms. The van der Waals surface area contributed by atoms with Gasteiger partial charge in [-0.1, -0.05) is 32.3 Å². The Bertz CT molecular complexity index is 336. The van der Waals surface area contributed by atoms with Crippen LogP contribution in [0.4, 0.5) is 5.82 Å². The van der Waals surface area contributed by atoms with Crippen LogP contribution < -0.4 is 5.32 Å². The summed E-state index contributed by atoms with van der Waals surface area (Å²) in [6.07, 6.45) is 5.09. The first-order valence-electron chi connectivity index (χ1n) is 5.96. The molecule has 1 heterocycles. The van der Waals surface area contributed by atoms with Gasteiger partial charge in [-0.15, -0.1) is 0 Å². The number of carbonyl (C=O) groups excluding carboxylic acids is 1. The molecule has 0 atom stereocenters. The third kappa shape index (κ3) is 4.91. The van der Waals surface area contributed by atoms with Gasteiger partial charge in [0.2, 0.25) is 5.91 Å². The van der Waals surface area contributed by atoms with Crippen LogP contribution >= 0.6 is 0 Å². The highest BCUT2D eigenvalue weighted by molar-refractivity contribution is 5.89. The number of hydrogen-bond donors (Lipinski definition) is 1. The van der Waals surface area contributed by atoms with Crippen LogP contribution in [0.2, 0.25) is 0 Å². The van der Waals surface area contributed by atoms with E-state index >= 15 is 0 Å². The molecule has 1 rings (SSSR count). The van der Waals surface area contributed by atoms with Crippen molar-refractivity contribution in [2.45, 2.75) is 46.0 Å². The van der Waals surface area contributed by atoms with Gasteiger partial charge >= 0.3 is 0 Å². The number of aromatic nitrogens is 1. The normalized spacial score (nSPS) is 10.1. The summed E-state index contributed by atoms with van der Waals surface area (Å²) in [4.78, 5) is 15.8. The Kier molecular flexibility index (Phi) is 5.54. The Hall–Kier alpha value is -1.38. The van der Waals surface area contributed by atoms with Gasteiger partial charge in [0.15, 0.2) is 0 Å². The van der Waals surface area contributed by atoms with Gasteiger partial charge in [0, 0.05) is 12.1 Å². The summed E-state index contributed by atoms with van der Waals surface area (Å²) in [7, 11) is 0. The molecule has 3 heteroatoms. The van der Waals surface area contributed by atoms with Crippen LogP contribution in [0.3, 0.4) is 0 Å². The summed E-state index contributed by atoms with van der Waals surface area (Å²) < 4.78 is 0. The van der Waals surface area contributed by atoms with Crippen molar-refractivity contribution in [2.75, 3.05) is 5.32 Å². The summed E-state index contributed by atoms with van der Waals surface area (Å²) in [6.45, 7) is 4.08. The maximum absolute atomic E-state index is 11.5. The van der Waals surface area contributed by atoms with Crippen molar-refractivity contribution in [3.05, 3.63) is 23.9 Å². The van der Waals surface area contributed by atoms with Crippen LogP contribution in [0.15, 0.2) is 18.2 Å². The van der Waals surface area contributed by atoms with E-state index < -0.39 is 0 Å². The highest BCUT2D eigenvalue weighted by Gasteiger charge is 2.02. The van der Waals surface area contributed by atoms with E-state index in [1.165, 1.54) is 12.8 Å². The Morgan fingerprint density at radius 2 is 2.12 bits per heavy atom. The molecule has 1 amide bonds. The predicted molar refractivity (Wildman–Crippen MR) is 66.4 cm³/mol. The fraction of sp³-hybridized carbons (Fsp3) is 0.538. The van der Waals surface area contributed by atoms with Crippen LogP contribution in [0.5, 0.6) is 0 Å². The maximum atomic E-state index is 11.5. The minimum absolute atomic E-state index is 0.0641. The van der Waals surface area contributed by atoms with Crippen molar-refractivity contribution in [3.63, 3.8) is 0 Å². The highest BCUT2D eigenvalue weighted by atomic mass is 16.1. The molecule has 0 aliphatic rings. The van der Waals surface area contributed by atoms with Crippen molar-refractivity contribution in [1.29, 1.82) is 0 Å². The number of nitrogens with one attached hydrogen (secondary N) is 1. The lowest BCUT2D eigenvalue weighted by Crippen LogP contribution is -2.12. The monoisotopic (exact) mass is 220 g/mol. The molecule has 1 N–H and O–H groups in total. The molecule has 0 spiro atoms. The number of rotatable bonds is 6. The zero-order valence-electron chi connectivity index (χ0n) is 10.1. The van der Waals surface area contributed by atoms with E-state index in [-0.39, 0.29) is 5.91 Å². The fourth-order valence-electron chi connectivity index (χ4n) is 1.53. The van der Waals surface area contributed by atoms with Gasteiger partial charge in [-0.05, 0) is 25.5 Å². The lowest BCUT2D eigenvalue weighted by atomic mass is 10.1. The van der Waals surface area contributed by atoms with Crippen LogP contribution in [-0.2, 0) is 4.79 Å². The number of carbonyl (C=O) groups is 1. The van der Waals surface area contributed by atoms with Crippen molar-refractivity contribution in [1.82, 2.24) is 4.98 Å². The maximum Gasteiger partial charge on any atom is 0.225 e. The van der Waals surface area contributed by atoms with Gasteiger partial charge in [-0.25, -0.2) is 4.98 Å². The molecule has 1 aromatic rings. The largest absolute Gasteiger partial charge is 0.311 e. The number of pyridine rings is 1. The van der Waals surface area contributed by atoms with Gasteiger partial charge in [-0.3, -0.25) is 4.79 Å². The summed E-state index contributed by atoms with van der Waals surface area (Å²) in [5.74, 6) is 0.717. The Labute approximate surface area is 97.3 Å². The van der Waals surface area contributed by atoms with Gasteiger partial charge in [0.1, 0.15) is 5.82 Å². The van der Waals surface area contributed by atoms with E-state index in [0.717, 1.165) is 18.5 Å². The first kappa shape index (κ1) is 12.7. The Morgan fingerprint density at radius 3 is 2.81 bits per heavy atom. The molecule has 0 aliphatic heterocycles. The van der Waals surface area contributed by atoms with Gasteiger partial charge in [0.25, 0.3) is 0 Å². The number of anilines is 1. The van der Waals surface area contributed by atoms with Crippen LogP contribution in [-0.4, -0.2) is 10.9 Å². The molecule has 0 saturated heterocycles. The summed E-state index contributed by atoms with van der Waals surface area (Å²) in [6, 6.07) is 5.63. The average molecular weight is 220 g/mol. The van der Waals surface area contributed by atoms with Gasteiger partial charge in [-0.2, -0.15) is 0 Å². The number of hydrogen-bond acceptors (Lipinski definition) is 2. The topological polar surface area (TPSA) is 42.0 Å². The predicted octanol–water partition coefficient (Wildman–Crippen LogP) is 3.30. The minimum atomic E-state index is 0.0641. The SMILES string of the molecule is CCCCCCC(=O)Nc1cccc(C)n1. The van der Waals surface area contributed by atoms with E-state index in [2.05, 4.69) is 17.2 Å². The second-order valence-electron chi connectivity index (χ2n) is 4.02. The third-order valence-electron chi connectivity index (χ3n) is 2.41. The molecule has 0 radical (unpaired) electrons. The molecular weight excluding hydrogens is 200 g/mol. The highest BCUT2D eigenvalue weighted by Crippen LogP contribution is 2.07. The fourth-order valence-corrected chi connectivity index (χ4v) is 1.53. The van der Waals surface area contributed by atoms with E-state index in [1.807, 2.05) is 25.1 Å².